The van der Waals surface area contributed by atoms with Gasteiger partial charge in [0, 0.05) is 17.6 Å². The van der Waals surface area contributed by atoms with Crippen molar-refractivity contribution in [1.29, 1.82) is 0 Å². The molecule has 1 aliphatic heterocycles. The molecule has 0 fully saturated rings. The fourth-order valence-corrected chi connectivity index (χ4v) is 4.00. The number of aryl methyl sites for hydroxylation is 1. The highest BCUT2D eigenvalue weighted by Gasteiger charge is 2.30. The van der Waals surface area contributed by atoms with Gasteiger partial charge in [0.1, 0.15) is 0 Å². The van der Waals surface area contributed by atoms with Crippen LogP contribution in [0.2, 0.25) is 0 Å². The topological polar surface area (TPSA) is 80.5 Å². The monoisotopic (exact) mass is 348 g/mol. The third kappa shape index (κ3) is 3.60. The van der Waals surface area contributed by atoms with Crippen LogP contribution in [0.5, 0.6) is 0 Å². The fraction of sp³-hybridized carbons (Fsp3) is 0.389. The number of carbonyl (C=O) groups excluding carboxylic acids is 1. The first-order valence-corrected chi connectivity index (χ1v) is 9.45. The second-order valence-corrected chi connectivity index (χ2v) is 7.79. The van der Waals surface area contributed by atoms with E-state index in [1.165, 1.54) is 6.07 Å². The molecule has 1 aromatic rings. The van der Waals surface area contributed by atoms with Gasteiger partial charge in [0.25, 0.3) is 5.91 Å². The van der Waals surface area contributed by atoms with Gasteiger partial charge >= 0.3 is 0 Å². The Hall–Kier alpha value is -1.92. The summed E-state index contributed by atoms with van der Waals surface area (Å²) in [5.41, 5.74) is 1.65. The van der Waals surface area contributed by atoms with Gasteiger partial charge in [-0.3, -0.25) is 4.79 Å². The third-order valence-corrected chi connectivity index (χ3v) is 5.54. The molecule has 2 rings (SSSR count). The van der Waals surface area contributed by atoms with Crippen LogP contribution in [0.4, 0.5) is 0 Å². The van der Waals surface area contributed by atoms with E-state index in [1.54, 1.807) is 30.9 Å². The van der Waals surface area contributed by atoms with Crippen LogP contribution in [-0.4, -0.2) is 31.3 Å². The molecule has 0 unspecified atom stereocenters. The Bertz CT molecular complexity index is 797. The van der Waals surface area contributed by atoms with Crippen molar-refractivity contribution in [2.24, 2.45) is 5.14 Å². The van der Waals surface area contributed by atoms with Gasteiger partial charge in [0.05, 0.1) is 4.90 Å². The van der Waals surface area contributed by atoms with Crippen molar-refractivity contribution in [3.8, 4) is 0 Å². The number of carbonyl (C=O) groups is 1. The molecule has 2 atom stereocenters. The Morgan fingerprint density at radius 3 is 2.67 bits per heavy atom. The van der Waals surface area contributed by atoms with E-state index in [-0.39, 0.29) is 22.9 Å². The molecule has 0 bridgehead atoms. The van der Waals surface area contributed by atoms with Gasteiger partial charge in [-0.05, 0) is 56.9 Å². The SMILES string of the molecule is C=CC[C@@H]1CC=C[C@@H](C)N1C(=O)c1cc(C)c(C)c(S(N)(=O)=O)c1. The summed E-state index contributed by atoms with van der Waals surface area (Å²) in [6.45, 7) is 9.18. The summed E-state index contributed by atoms with van der Waals surface area (Å²) >= 11 is 0. The molecule has 0 spiro atoms. The predicted octanol–water partition coefficient (Wildman–Crippen LogP) is 2.69. The quantitative estimate of drug-likeness (QED) is 0.850. The zero-order valence-corrected chi connectivity index (χ0v) is 15.1. The maximum Gasteiger partial charge on any atom is 0.254 e. The van der Waals surface area contributed by atoms with Gasteiger partial charge < -0.3 is 4.90 Å². The summed E-state index contributed by atoms with van der Waals surface area (Å²) in [5.74, 6) is -0.188. The highest BCUT2D eigenvalue weighted by molar-refractivity contribution is 7.89. The van der Waals surface area contributed by atoms with E-state index in [1.807, 2.05) is 13.0 Å². The number of sulfonamides is 1. The van der Waals surface area contributed by atoms with E-state index in [0.29, 0.717) is 17.5 Å². The molecule has 6 heteroatoms. The van der Waals surface area contributed by atoms with Crippen LogP contribution in [0.3, 0.4) is 0 Å². The van der Waals surface area contributed by atoms with Gasteiger partial charge in [-0.25, -0.2) is 13.6 Å². The Kier molecular flexibility index (Phi) is 5.30. The maximum absolute atomic E-state index is 13.1. The van der Waals surface area contributed by atoms with Gasteiger partial charge in [0.15, 0.2) is 0 Å². The first kappa shape index (κ1) is 18.4. The molecule has 0 saturated heterocycles. The largest absolute Gasteiger partial charge is 0.329 e. The number of benzene rings is 1. The number of hydrogen-bond acceptors (Lipinski definition) is 3. The molecular weight excluding hydrogens is 324 g/mol. The van der Waals surface area contributed by atoms with Crippen molar-refractivity contribution >= 4 is 15.9 Å². The summed E-state index contributed by atoms with van der Waals surface area (Å²) in [7, 11) is -3.88. The van der Waals surface area contributed by atoms with Crippen molar-refractivity contribution in [3.63, 3.8) is 0 Å². The molecular formula is C18H24N2O3S. The number of nitrogens with two attached hydrogens (primary N) is 1. The second kappa shape index (κ2) is 6.91. The number of nitrogens with zero attached hydrogens (tertiary/aromatic N) is 1. The lowest BCUT2D eigenvalue weighted by Crippen LogP contribution is -2.47. The standard InChI is InChI=1S/C18H24N2O3S/c1-5-7-16-9-6-8-13(3)20(16)18(21)15-10-12(2)14(4)17(11-15)24(19,22)23/h5-6,8,10-11,13,16H,1,7,9H2,2-4H3,(H2,19,22,23)/t13-,16-/m1/s1. The van der Waals surface area contributed by atoms with Crippen LogP contribution in [0.1, 0.15) is 41.3 Å². The van der Waals surface area contributed by atoms with E-state index in [0.717, 1.165) is 12.0 Å². The van der Waals surface area contributed by atoms with E-state index >= 15 is 0 Å². The van der Waals surface area contributed by atoms with Crippen LogP contribution in [0, 0.1) is 13.8 Å². The molecule has 0 saturated carbocycles. The van der Waals surface area contributed by atoms with E-state index in [2.05, 4.69) is 12.7 Å². The number of rotatable bonds is 4. The average molecular weight is 348 g/mol. The van der Waals surface area contributed by atoms with Gasteiger partial charge in [0.2, 0.25) is 10.0 Å². The smallest absolute Gasteiger partial charge is 0.254 e. The highest BCUT2D eigenvalue weighted by Crippen LogP contribution is 2.26. The molecule has 0 aromatic heterocycles. The second-order valence-electron chi connectivity index (χ2n) is 6.26. The molecule has 5 nitrogen and oxygen atoms in total. The lowest BCUT2D eigenvalue weighted by Gasteiger charge is -2.37. The average Bonchev–Trinajstić information content (AvgIpc) is 2.48. The Balaban J connectivity index is 2.51. The molecule has 2 N–H and O–H groups in total. The first-order valence-electron chi connectivity index (χ1n) is 7.91. The van der Waals surface area contributed by atoms with Crippen molar-refractivity contribution in [3.05, 3.63) is 53.6 Å². The minimum atomic E-state index is -3.88. The zero-order valence-electron chi connectivity index (χ0n) is 14.3. The maximum atomic E-state index is 13.1. The zero-order chi connectivity index (χ0) is 18.1. The Morgan fingerprint density at radius 1 is 1.42 bits per heavy atom. The van der Waals surface area contributed by atoms with Gasteiger partial charge in [-0.2, -0.15) is 0 Å². The van der Waals surface area contributed by atoms with Gasteiger partial charge in [-0.15, -0.1) is 6.58 Å². The van der Waals surface area contributed by atoms with E-state index < -0.39 is 10.0 Å². The van der Waals surface area contributed by atoms with Crippen LogP contribution >= 0.6 is 0 Å². The number of primary sulfonamides is 1. The number of amides is 1. The van der Waals surface area contributed by atoms with Crippen LogP contribution < -0.4 is 5.14 Å². The molecule has 1 heterocycles. The molecule has 24 heavy (non-hydrogen) atoms. The predicted molar refractivity (Wildman–Crippen MR) is 95.3 cm³/mol. The van der Waals surface area contributed by atoms with Crippen molar-refractivity contribution in [2.75, 3.05) is 0 Å². The lowest BCUT2D eigenvalue weighted by molar-refractivity contribution is 0.0622. The third-order valence-electron chi connectivity index (χ3n) is 4.50. The lowest BCUT2D eigenvalue weighted by atomic mass is 9.98. The summed E-state index contributed by atoms with van der Waals surface area (Å²) < 4.78 is 23.6. The van der Waals surface area contributed by atoms with Crippen molar-refractivity contribution < 1.29 is 13.2 Å². The van der Waals surface area contributed by atoms with E-state index in [4.69, 9.17) is 5.14 Å². The number of hydrogen-bond donors (Lipinski definition) is 1. The summed E-state index contributed by atoms with van der Waals surface area (Å²) in [6, 6.07) is 3.07. The molecule has 0 aliphatic carbocycles. The van der Waals surface area contributed by atoms with Crippen LogP contribution in [0.25, 0.3) is 0 Å². The first-order chi connectivity index (χ1) is 11.2. The summed E-state index contributed by atoms with van der Waals surface area (Å²) in [4.78, 5) is 14.9. The Morgan fingerprint density at radius 2 is 2.08 bits per heavy atom. The molecule has 1 aliphatic rings. The van der Waals surface area contributed by atoms with Crippen LogP contribution in [0.15, 0.2) is 41.8 Å². The highest BCUT2D eigenvalue weighted by atomic mass is 32.2. The fourth-order valence-electron chi connectivity index (χ4n) is 3.12. The minimum Gasteiger partial charge on any atom is -0.329 e. The van der Waals surface area contributed by atoms with Crippen molar-refractivity contribution in [2.45, 2.75) is 50.6 Å². The molecule has 0 radical (unpaired) electrons. The van der Waals surface area contributed by atoms with Crippen molar-refractivity contribution in [1.82, 2.24) is 4.90 Å². The minimum absolute atomic E-state index is 0.00586. The normalized spacial score (nSPS) is 20.9. The summed E-state index contributed by atoms with van der Waals surface area (Å²) in [6.07, 6.45) is 7.30. The van der Waals surface area contributed by atoms with E-state index in [9.17, 15) is 13.2 Å². The van der Waals surface area contributed by atoms with Gasteiger partial charge in [-0.1, -0.05) is 18.2 Å². The summed E-state index contributed by atoms with van der Waals surface area (Å²) in [5, 5.41) is 5.30. The molecule has 1 amide bonds. The molecule has 130 valence electrons. The molecule has 1 aromatic carbocycles. The Labute approximate surface area is 143 Å². The van der Waals surface area contributed by atoms with Crippen LogP contribution in [-0.2, 0) is 10.0 Å².